The van der Waals surface area contributed by atoms with Gasteiger partial charge in [-0.3, -0.25) is 29.3 Å². The Kier molecular flexibility index (Phi) is 9.63. The first kappa shape index (κ1) is 30.3. The Balaban J connectivity index is 1.23. The summed E-state index contributed by atoms with van der Waals surface area (Å²) < 4.78 is 10.7. The minimum absolute atomic E-state index is 0.0546. The van der Waals surface area contributed by atoms with Crippen LogP contribution in [0.4, 0.5) is 11.4 Å². The van der Waals surface area contributed by atoms with Gasteiger partial charge in [0.05, 0.1) is 17.9 Å². The molecule has 1 fully saturated rings. The van der Waals surface area contributed by atoms with E-state index >= 15 is 0 Å². The minimum Gasteiger partial charge on any atom is -0.484 e. The zero-order valence-electron chi connectivity index (χ0n) is 23.8. The maximum atomic E-state index is 13.0. The van der Waals surface area contributed by atoms with Crippen LogP contribution in [0.5, 0.6) is 5.75 Å². The van der Waals surface area contributed by atoms with Crippen molar-refractivity contribution in [2.75, 3.05) is 26.2 Å². The highest BCUT2D eigenvalue weighted by Crippen LogP contribution is 2.34. The van der Waals surface area contributed by atoms with Gasteiger partial charge >= 0.3 is 5.97 Å². The third kappa shape index (κ3) is 8.19. The van der Waals surface area contributed by atoms with Crippen LogP contribution in [0.15, 0.2) is 52.7 Å². The van der Waals surface area contributed by atoms with E-state index < -0.39 is 17.6 Å². The summed E-state index contributed by atoms with van der Waals surface area (Å²) in [6, 6.07) is 11.1. The molecule has 1 saturated heterocycles. The van der Waals surface area contributed by atoms with Gasteiger partial charge in [-0.2, -0.15) is 10.2 Å². The number of piperidine rings is 1. The van der Waals surface area contributed by atoms with E-state index in [-0.39, 0.29) is 56.2 Å². The third-order valence-electron chi connectivity index (χ3n) is 6.35. The Morgan fingerprint density at radius 1 is 1.05 bits per heavy atom. The number of nitrogens with zero attached hydrogens (tertiary/aromatic N) is 3. The molecule has 0 bridgehead atoms. The van der Waals surface area contributed by atoms with Gasteiger partial charge in [-0.1, -0.05) is 6.07 Å². The van der Waals surface area contributed by atoms with Gasteiger partial charge < -0.3 is 25.0 Å². The van der Waals surface area contributed by atoms with Crippen LogP contribution >= 0.6 is 0 Å². The second kappa shape index (κ2) is 13.3. The van der Waals surface area contributed by atoms with E-state index in [1.807, 2.05) is 0 Å². The standard InChI is InChI=1S/C29H34N6O7/c1-29(2,3)42-26(38)15-30-13-14-31-25(37)17-41-19-9-7-18(8-10-19)33-34-22-6-4-5-20-21(22)16-35(28(20)40)23-11-12-24(36)32-27(23)39/h4-10,23,30H,11-17H2,1-3H3,(H,31,37)(H,32,36,39). The predicted octanol–water partition coefficient (Wildman–Crippen LogP) is 2.29. The van der Waals surface area contributed by atoms with Gasteiger partial charge in [-0.25, -0.2) is 0 Å². The molecule has 0 saturated carbocycles. The summed E-state index contributed by atoms with van der Waals surface area (Å²) in [6.07, 6.45) is 0.465. The third-order valence-corrected chi connectivity index (χ3v) is 6.35. The molecular formula is C29H34N6O7. The molecule has 2 aliphatic heterocycles. The molecule has 4 amide bonds. The molecule has 4 rings (SSSR count). The van der Waals surface area contributed by atoms with E-state index in [1.165, 1.54) is 4.90 Å². The van der Waals surface area contributed by atoms with Crippen LogP contribution in [0, 0.1) is 0 Å². The zero-order chi connectivity index (χ0) is 30.3. The lowest BCUT2D eigenvalue weighted by Gasteiger charge is -2.29. The van der Waals surface area contributed by atoms with Gasteiger partial charge in [-0.15, -0.1) is 0 Å². The first-order valence-corrected chi connectivity index (χ1v) is 13.6. The number of fused-ring (bicyclic) bond motifs is 1. The highest BCUT2D eigenvalue weighted by atomic mass is 16.6. The number of ether oxygens (including phenoxy) is 2. The van der Waals surface area contributed by atoms with Crippen molar-refractivity contribution < 1.29 is 33.4 Å². The number of carbonyl (C=O) groups excluding carboxylic acids is 5. The van der Waals surface area contributed by atoms with E-state index in [1.54, 1.807) is 63.2 Å². The second-order valence-electron chi connectivity index (χ2n) is 10.8. The molecule has 1 unspecified atom stereocenters. The number of carbonyl (C=O) groups is 5. The summed E-state index contributed by atoms with van der Waals surface area (Å²) in [6.45, 7) is 6.18. The topological polar surface area (TPSA) is 168 Å². The maximum absolute atomic E-state index is 13.0. The van der Waals surface area contributed by atoms with Crippen molar-refractivity contribution >= 4 is 41.0 Å². The van der Waals surface area contributed by atoms with E-state index in [2.05, 4.69) is 26.2 Å². The van der Waals surface area contributed by atoms with E-state index in [4.69, 9.17) is 9.47 Å². The molecule has 13 heteroatoms. The van der Waals surface area contributed by atoms with Gasteiger partial charge in [0.15, 0.2) is 6.61 Å². The number of azo groups is 1. The molecule has 2 aromatic rings. The highest BCUT2D eigenvalue weighted by molar-refractivity contribution is 6.06. The molecule has 42 heavy (non-hydrogen) atoms. The fraction of sp³-hybridized carbons (Fsp3) is 0.414. The summed E-state index contributed by atoms with van der Waals surface area (Å²) in [5.41, 5.74) is 1.62. The van der Waals surface area contributed by atoms with Crippen LogP contribution in [-0.2, 0) is 30.5 Å². The highest BCUT2D eigenvalue weighted by Gasteiger charge is 2.39. The summed E-state index contributed by atoms with van der Waals surface area (Å²) in [5.74, 6) is -1.29. The molecule has 2 aliphatic rings. The van der Waals surface area contributed by atoms with E-state index in [9.17, 15) is 24.0 Å². The monoisotopic (exact) mass is 578 g/mol. The number of amides is 4. The van der Waals surface area contributed by atoms with Crippen molar-refractivity contribution in [3.8, 4) is 5.75 Å². The molecule has 13 nitrogen and oxygen atoms in total. The normalized spacial score (nSPS) is 16.8. The number of nitrogens with one attached hydrogen (secondary N) is 3. The van der Waals surface area contributed by atoms with Crippen LogP contribution < -0.4 is 20.7 Å². The smallest absolute Gasteiger partial charge is 0.320 e. The molecule has 2 aromatic carbocycles. The van der Waals surface area contributed by atoms with Crippen LogP contribution in [-0.4, -0.2) is 72.4 Å². The molecule has 1 atom stereocenters. The van der Waals surface area contributed by atoms with Gasteiger partial charge in [0.1, 0.15) is 17.4 Å². The van der Waals surface area contributed by atoms with Crippen LogP contribution in [0.3, 0.4) is 0 Å². The Morgan fingerprint density at radius 3 is 2.52 bits per heavy atom. The average molecular weight is 579 g/mol. The van der Waals surface area contributed by atoms with Gasteiger partial charge in [0, 0.05) is 37.2 Å². The lowest BCUT2D eigenvalue weighted by molar-refractivity contribution is -0.153. The van der Waals surface area contributed by atoms with Crippen molar-refractivity contribution in [1.29, 1.82) is 0 Å². The van der Waals surface area contributed by atoms with Crippen LogP contribution in [0.1, 0.15) is 49.5 Å². The Morgan fingerprint density at radius 2 is 1.81 bits per heavy atom. The molecule has 0 aromatic heterocycles. The van der Waals surface area contributed by atoms with E-state index in [0.717, 1.165) is 0 Å². The molecule has 0 radical (unpaired) electrons. The lowest BCUT2D eigenvalue weighted by Crippen LogP contribution is -2.52. The Labute approximate surface area is 243 Å². The lowest BCUT2D eigenvalue weighted by atomic mass is 10.0. The van der Waals surface area contributed by atoms with Crippen molar-refractivity contribution in [2.45, 2.75) is 51.8 Å². The number of imide groups is 1. The van der Waals surface area contributed by atoms with Crippen LogP contribution in [0.25, 0.3) is 0 Å². The van der Waals surface area contributed by atoms with Gasteiger partial charge in [0.2, 0.25) is 11.8 Å². The summed E-state index contributed by atoms with van der Waals surface area (Å²) in [7, 11) is 0. The quantitative estimate of drug-likeness (QED) is 0.158. The Hall–Kier alpha value is -4.65. The first-order chi connectivity index (χ1) is 20.0. The van der Waals surface area contributed by atoms with Gasteiger partial charge in [-0.05, 0) is 63.6 Å². The molecule has 2 heterocycles. The fourth-order valence-electron chi connectivity index (χ4n) is 4.44. The molecule has 0 spiro atoms. The molecule has 222 valence electrons. The van der Waals surface area contributed by atoms with Crippen molar-refractivity contribution in [2.24, 2.45) is 10.2 Å². The maximum Gasteiger partial charge on any atom is 0.320 e. The van der Waals surface area contributed by atoms with E-state index in [0.29, 0.717) is 41.3 Å². The number of rotatable bonds is 11. The number of hydrogen-bond donors (Lipinski definition) is 3. The predicted molar refractivity (Wildman–Crippen MR) is 150 cm³/mol. The Bertz CT molecular complexity index is 1380. The van der Waals surface area contributed by atoms with Crippen molar-refractivity contribution in [1.82, 2.24) is 20.9 Å². The molecule has 3 N–H and O–H groups in total. The number of hydrogen-bond acceptors (Lipinski definition) is 10. The largest absolute Gasteiger partial charge is 0.484 e. The van der Waals surface area contributed by atoms with Gasteiger partial charge in [0.25, 0.3) is 11.8 Å². The zero-order valence-corrected chi connectivity index (χ0v) is 23.8. The molecule has 0 aliphatic carbocycles. The van der Waals surface area contributed by atoms with Crippen molar-refractivity contribution in [3.05, 3.63) is 53.6 Å². The first-order valence-electron chi connectivity index (χ1n) is 13.6. The minimum atomic E-state index is -0.706. The summed E-state index contributed by atoms with van der Waals surface area (Å²) in [5, 5.41) is 16.5. The second-order valence-corrected chi connectivity index (χ2v) is 10.8. The summed E-state index contributed by atoms with van der Waals surface area (Å²) >= 11 is 0. The van der Waals surface area contributed by atoms with Crippen LogP contribution in [0.2, 0.25) is 0 Å². The van der Waals surface area contributed by atoms with Crippen molar-refractivity contribution in [3.63, 3.8) is 0 Å². The molecular weight excluding hydrogens is 544 g/mol. The number of benzene rings is 2. The average Bonchev–Trinajstić information content (AvgIpc) is 3.26. The fourth-order valence-corrected chi connectivity index (χ4v) is 4.44. The summed E-state index contributed by atoms with van der Waals surface area (Å²) in [4.78, 5) is 61.9. The SMILES string of the molecule is CC(C)(C)OC(=O)CNCCNC(=O)COc1ccc(N=Nc2cccc3c2CN(C2CCC(=O)NC2=O)C3=O)cc1. The number of esters is 1.